The van der Waals surface area contributed by atoms with Gasteiger partial charge >= 0.3 is 5.97 Å². The number of nitrogens with one attached hydrogen (secondary N) is 1. The first-order valence-corrected chi connectivity index (χ1v) is 9.72. The van der Waals surface area contributed by atoms with E-state index in [-0.39, 0.29) is 11.9 Å². The molecule has 6 nitrogen and oxygen atoms in total. The maximum Gasteiger partial charge on any atom is 0.309 e. The van der Waals surface area contributed by atoms with Crippen LogP contribution in [0.5, 0.6) is 0 Å². The molecule has 6 heteroatoms. The summed E-state index contributed by atoms with van der Waals surface area (Å²) >= 11 is 0. The predicted molar refractivity (Wildman–Crippen MR) is 92.9 cm³/mol. The number of carbonyl (C=O) groups is 1. The van der Waals surface area contributed by atoms with E-state index in [1.807, 2.05) is 6.92 Å². The number of likely N-dealkylation sites (tertiary alicyclic amines) is 1. The molecule has 2 heterocycles. The lowest BCUT2D eigenvalue weighted by Gasteiger charge is -2.16. The monoisotopic (exact) mass is 347 g/mol. The maximum absolute atomic E-state index is 11.8. The fraction of sp³-hybridized carbons (Fsp3) is 0.789. The van der Waals surface area contributed by atoms with Crippen LogP contribution >= 0.6 is 0 Å². The minimum absolute atomic E-state index is 0.00748. The van der Waals surface area contributed by atoms with Gasteiger partial charge in [0.05, 0.1) is 18.2 Å². The molecule has 3 fully saturated rings. The molecule has 25 heavy (non-hydrogen) atoms. The second-order valence-corrected chi connectivity index (χ2v) is 8.03. The van der Waals surface area contributed by atoms with Gasteiger partial charge in [-0.3, -0.25) is 4.79 Å². The van der Waals surface area contributed by atoms with Crippen LogP contribution in [0.4, 0.5) is 0 Å². The van der Waals surface area contributed by atoms with Gasteiger partial charge in [-0.2, -0.15) is 0 Å². The van der Waals surface area contributed by atoms with Crippen molar-refractivity contribution in [1.29, 1.82) is 0 Å². The van der Waals surface area contributed by atoms with Crippen molar-refractivity contribution in [2.75, 3.05) is 26.2 Å². The molecular formula is C19H29N3O3. The minimum atomic E-state index is -0.00748. The number of nitrogens with zero attached hydrogens (tertiary/aromatic N) is 2. The van der Waals surface area contributed by atoms with E-state index in [2.05, 4.69) is 28.4 Å². The van der Waals surface area contributed by atoms with Crippen molar-refractivity contribution in [3.63, 3.8) is 0 Å². The molecule has 4 atom stereocenters. The number of rotatable bonds is 8. The van der Waals surface area contributed by atoms with Gasteiger partial charge in [-0.1, -0.05) is 12.1 Å². The SMILES string of the molecule is CCOC(=O)C1CC1CN1C[C@H](C)[C@H](NCc2cc(C3CC3)on2)C1. The van der Waals surface area contributed by atoms with Gasteiger partial charge in [0.15, 0.2) is 0 Å². The Morgan fingerprint density at radius 1 is 1.44 bits per heavy atom. The Morgan fingerprint density at radius 2 is 2.28 bits per heavy atom. The van der Waals surface area contributed by atoms with Crippen molar-refractivity contribution in [2.24, 2.45) is 17.8 Å². The molecule has 2 unspecified atom stereocenters. The molecule has 1 aliphatic heterocycles. The summed E-state index contributed by atoms with van der Waals surface area (Å²) in [6, 6.07) is 2.58. The Morgan fingerprint density at radius 3 is 3.04 bits per heavy atom. The van der Waals surface area contributed by atoms with Gasteiger partial charge < -0.3 is 19.5 Å². The normalized spacial score (nSPS) is 32.1. The first-order valence-electron chi connectivity index (χ1n) is 9.72. The molecule has 1 aromatic rings. The van der Waals surface area contributed by atoms with Crippen LogP contribution in [0.15, 0.2) is 10.6 Å². The third-order valence-corrected chi connectivity index (χ3v) is 5.79. The van der Waals surface area contributed by atoms with Crippen LogP contribution in [-0.2, 0) is 16.1 Å². The highest BCUT2D eigenvalue weighted by atomic mass is 16.5. The summed E-state index contributed by atoms with van der Waals surface area (Å²) in [7, 11) is 0. The largest absolute Gasteiger partial charge is 0.466 e. The number of ether oxygens (including phenoxy) is 1. The first-order chi connectivity index (χ1) is 12.1. The smallest absolute Gasteiger partial charge is 0.309 e. The van der Waals surface area contributed by atoms with Crippen LogP contribution in [0.3, 0.4) is 0 Å². The standard InChI is InChI=1S/C19H29N3O3/c1-3-24-19(23)16-6-14(16)10-22-9-12(2)17(11-22)20-8-15-7-18(25-21-15)13-4-5-13/h7,12-14,16-17,20H,3-6,8-11H2,1-2H3/t12-,14?,16?,17+/m0/s1. The lowest BCUT2D eigenvalue weighted by Crippen LogP contribution is -2.35. The van der Waals surface area contributed by atoms with E-state index < -0.39 is 0 Å². The lowest BCUT2D eigenvalue weighted by molar-refractivity contribution is -0.145. The second-order valence-electron chi connectivity index (χ2n) is 8.03. The van der Waals surface area contributed by atoms with Gasteiger partial charge in [-0.05, 0) is 38.0 Å². The fourth-order valence-corrected chi connectivity index (χ4v) is 4.01. The predicted octanol–water partition coefficient (Wildman–Crippen LogP) is 2.16. The first kappa shape index (κ1) is 17.0. The number of carbonyl (C=O) groups excluding carboxylic acids is 1. The van der Waals surface area contributed by atoms with Crippen LogP contribution in [-0.4, -0.2) is 48.3 Å². The third-order valence-electron chi connectivity index (χ3n) is 5.79. The van der Waals surface area contributed by atoms with E-state index in [4.69, 9.17) is 9.26 Å². The molecular weight excluding hydrogens is 318 g/mol. The van der Waals surface area contributed by atoms with Gasteiger partial charge in [0.25, 0.3) is 0 Å². The van der Waals surface area contributed by atoms with Crippen molar-refractivity contribution in [1.82, 2.24) is 15.4 Å². The van der Waals surface area contributed by atoms with Gasteiger partial charge in [-0.25, -0.2) is 0 Å². The molecule has 0 radical (unpaired) electrons. The Hall–Kier alpha value is -1.40. The van der Waals surface area contributed by atoms with E-state index >= 15 is 0 Å². The summed E-state index contributed by atoms with van der Waals surface area (Å²) < 4.78 is 10.6. The van der Waals surface area contributed by atoms with E-state index in [0.29, 0.717) is 30.4 Å². The third kappa shape index (κ3) is 4.06. The zero-order valence-electron chi connectivity index (χ0n) is 15.2. The van der Waals surface area contributed by atoms with Crippen molar-refractivity contribution in [2.45, 2.75) is 51.6 Å². The Kier molecular flexibility index (Phi) is 4.82. The molecule has 1 N–H and O–H groups in total. The molecule has 4 rings (SSSR count). The van der Waals surface area contributed by atoms with Gasteiger partial charge in [0.1, 0.15) is 5.76 Å². The molecule has 2 saturated carbocycles. The van der Waals surface area contributed by atoms with Crippen LogP contribution < -0.4 is 5.32 Å². The number of hydrogen-bond donors (Lipinski definition) is 1. The fourth-order valence-electron chi connectivity index (χ4n) is 4.01. The number of hydrogen-bond acceptors (Lipinski definition) is 6. The van der Waals surface area contributed by atoms with E-state index in [1.165, 1.54) is 12.8 Å². The molecule has 138 valence electrons. The Labute approximate surface area is 149 Å². The zero-order chi connectivity index (χ0) is 17.4. The van der Waals surface area contributed by atoms with E-state index in [9.17, 15) is 4.79 Å². The highest BCUT2D eigenvalue weighted by Crippen LogP contribution is 2.41. The summed E-state index contributed by atoms with van der Waals surface area (Å²) in [6.45, 7) is 8.58. The highest BCUT2D eigenvalue weighted by Gasteiger charge is 2.46. The van der Waals surface area contributed by atoms with Crippen LogP contribution in [0.25, 0.3) is 0 Å². The molecule has 1 saturated heterocycles. The Balaban J connectivity index is 1.21. The van der Waals surface area contributed by atoms with Gasteiger partial charge in [0, 0.05) is 44.2 Å². The molecule has 2 aliphatic carbocycles. The van der Waals surface area contributed by atoms with Crippen molar-refractivity contribution < 1.29 is 14.1 Å². The maximum atomic E-state index is 11.8. The number of esters is 1. The summed E-state index contributed by atoms with van der Waals surface area (Å²) in [6.07, 6.45) is 3.47. The van der Waals surface area contributed by atoms with Crippen molar-refractivity contribution in [3.05, 3.63) is 17.5 Å². The molecule has 0 bridgehead atoms. The molecule has 0 aromatic carbocycles. The topological polar surface area (TPSA) is 67.6 Å². The van der Waals surface area contributed by atoms with Crippen LogP contribution in [0.1, 0.15) is 50.5 Å². The minimum Gasteiger partial charge on any atom is -0.466 e. The quantitative estimate of drug-likeness (QED) is 0.727. The van der Waals surface area contributed by atoms with Gasteiger partial charge in [-0.15, -0.1) is 0 Å². The molecule has 1 aromatic heterocycles. The average molecular weight is 347 g/mol. The molecule has 0 amide bonds. The van der Waals surface area contributed by atoms with Crippen LogP contribution in [0, 0.1) is 17.8 Å². The number of aromatic nitrogens is 1. The summed E-state index contributed by atoms with van der Waals surface area (Å²) in [5.74, 6) is 2.89. The second kappa shape index (κ2) is 7.08. The molecule has 3 aliphatic rings. The Bertz CT molecular complexity index is 613. The summed E-state index contributed by atoms with van der Waals surface area (Å²) in [4.78, 5) is 14.3. The highest BCUT2D eigenvalue weighted by molar-refractivity contribution is 5.75. The summed E-state index contributed by atoms with van der Waals surface area (Å²) in [5.41, 5.74) is 1.01. The van der Waals surface area contributed by atoms with Crippen molar-refractivity contribution >= 4 is 5.97 Å². The van der Waals surface area contributed by atoms with E-state index in [0.717, 1.165) is 44.1 Å². The van der Waals surface area contributed by atoms with E-state index in [1.54, 1.807) is 0 Å². The summed E-state index contributed by atoms with van der Waals surface area (Å²) in [5, 5.41) is 7.83. The lowest BCUT2D eigenvalue weighted by atomic mass is 10.1. The van der Waals surface area contributed by atoms with Gasteiger partial charge in [0.2, 0.25) is 0 Å². The average Bonchev–Trinajstić information content (AvgIpc) is 3.49. The van der Waals surface area contributed by atoms with Crippen molar-refractivity contribution in [3.8, 4) is 0 Å². The van der Waals surface area contributed by atoms with Crippen LogP contribution in [0.2, 0.25) is 0 Å². The molecule has 0 spiro atoms. The zero-order valence-corrected chi connectivity index (χ0v) is 15.2.